The van der Waals surface area contributed by atoms with E-state index in [0.29, 0.717) is 12.2 Å². The Morgan fingerprint density at radius 2 is 2.41 bits per heavy atom. The average Bonchev–Trinajstić information content (AvgIpc) is 2.75. The topological polar surface area (TPSA) is 46.4 Å². The Hall–Kier alpha value is -1.49. The standard InChI is InChI=1S/C12H15N3OS/c1-9-4-3-6-15-8-10(14-11(9)15)12(16)13-5-7-17-2/h3-4,6,8H,5,7H2,1-2H3,(H,13,16). The van der Waals surface area contributed by atoms with Crippen LogP contribution >= 0.6 is 11.8 Å². The quantitative estimate of drug-likeness (QED) is 0.839. The predicted octanol–water partition coefficient (Wildman–Crippen LogP) is 1.74. The second kappa shape index (κ2) is 5.23. The Morgan fingerprint density at radius 1 is 1.59 bits per heavy atom. The SMILES string of the molecule is CSCCNC(=O)c1cn2cccc(C)c2n1. The number of carbonyl (C=O) groups excluding carboxylic acids is 1. The number of fused-ring (bicyclic) bond motifs is 1. The Kier molecular flexibility index (Phi) is 3.68. The highest BCUT2D eigenvalue weighted by molar-refractivity contribution is 7.98. The van der Waals surface area contributed by atoms with Crippen LogP contribution in [0.3, 0.4) is 0 Å². The molecular formula is C12H15N3OS. The maximum atomic E-state index is 11.8. The van der Waals surface area contributed by atoms with Crippen molar-refractivity contribution in [2.75, 3.05) is 18.6 Å². The molecule has 1 amide bonds. The Bertz CT molecular complexity index is 536. The minimum Gasteiger partial charge on any atom is -0.350 e. The molecule has 0 saturated carbocycles. The van der Waals surface area contributed by atoms with Crippen LogP contribution in [0.2, 0.25) is 0 Å². The third kappa shape index (κ3) is 2.61. The number of hydrogen-bond donors (Lipinski definition) is 1. The zero-order valence-electron chi connectivity index (χ0n) is 9.93. The third-order valence-electron chi connectivity index (χ3n) is 2.50. The molecule has 2 rings (SSSR count). The smallest absolute Gasteiger partial charge is 0.271 e. The van der Waals surface area contributed by atoms with E-state index in [1.165, 1.54) is 0 Å². The van der Waals surface area contributed by atoms with Crippen LogP contribution in [0, 0.1) is 6.92 Å². The van der Waals surface area contributed by atoms with Crippen LogP contribution in [0.25, 0.3) is 5.65 Å². The molecule has 0 aromatic carbocycles. The molecule has 17 heavy (non-hydrogen) atoms. The van der Waals surface area contributed by atoms with E-state index < -0.39 is 0 Å². The first-order valence-electron chi connectivity index (χ1n) is 5.44. The van der Waals surface area contributed by atoms with Crippen LogP contribution in [0.5, 0.6) is 0 Å². The Balaban J connectivity index is 2.19. The summed E-state index contributed by atoms with van der Waals surface area (Å²) in [7, 11) is 0. The monoisotopic (exact) mass is 249 g/mol. The largest absolute Gasteiger partial charge is 0.350 e. The van der Waals surface area contributed by atoms with E-state index in [0.717, 1.165) is 17.0 Å². The molecule has 0 fully saturated rings. The molecule has 2 aromatic rings. The molecule has 0 bridgehead atoms. The van der Waals surface area contributed by atoms with Gasteiger partial charge in [-0.15, -0.1) is 0 Å². The van der Waals surface area contributed by atoms with Crippen molar-refractivity contribution in [2.45, 2.75) is 6.92 Å². The number of aryl methyl sites for hydroxylation is 1. The highest BCUT2D eigenvalue weighted by Crippen LogP contribution is 2.09. The summed E-state index contributed by atoms with van der Waals surface area (Å²) >= 11 is 1.71. The van der Waals surface area contributed by atoms with Crippen LogP contribution in [-0.2, 0) is 0 Å². The lowest BCUT2D eigenvalue weighted by atomic mass is 10.3. The summed E-state index contributed by atoms with van der Waals surface area (Å²) in [6.07, 6.45) is 5.67. The number of rotatable bonds is 4. The lowest BCUT2D eigenvalue weighted by Crippen LogP contribution is -2.25. The van der Waals surface area contributed by atoms with E-state index in [1.807, 2.05) is 35.9 Å². The molecule has 0 radical (unpaired) electrons. The number of amides is 1. The van der Waals surface area contributed by atoms with Gasteiger partial charge in [-0.25, -0.2) is 4.98 Å². The summed E-state index contributed by atoms with van der Waals surface area (Å²) in [5.41, 5.74) is 2.37. The fourth-order valence-corrected chi connectivity index (χ4v) is 1.93. The maximum absolute atomic E-state index is 11.8. The average molecular weight is 249 g/mol. The van der Waals surface area contributed by atoms with E-state index in [2.05, 4.69) is 10.3 Å². The first-order valence-corrected chi connectivity index (χ1v) is 6.83. The highest BCUT2D eigenvalue weighted by Gasteiger charge is 2.10. The first-order chi connectivity index (χ1) is 8.22. The normalized spacial score (nSPS) is 10.7. The van der Waals surface area contributed by atoms with Gasteiger partial charge in [0.15, 0.2) is 0 Å². The van der Waals surface area contributed by atoms with E-state index in [4.69, 9.17) is 0 Å². The summed E-state index contributed by atoms with van der Waals surface area (Å²) in [5.74, 6) is 0.806. The van der Waals surface area contributed by atoms with Gasteiger partial charge in [-0.2, -0.15) is 11.8 Å². The van der Waals surface area contributed by atoms with Crippen molar-refractivity contribution >= 4 is 23.3 Å². The minimum absolute atomic E-state index is 0.109. The molecular weight excluding hydrogens is 234 g/mol. The number of nitrogens with one attached hydrogen (secondary N) is 1. The van der Waals surface area contributed by atoms with Crippen molar-refractivity contribution in [1.82, 2.24) is 14.7 Å². The third-order valence-corrected chi connectivity index (χ3v) is 3.11. The van der Waals surface area contributed by atoms with E-state index in [1.54, 1.807) is 18.0 Å². The first kappa shape index (κ1) is 12.0. The van der Waals surface area contributed by atoms with Crippen LogP contribution in [0.4, 0.5) is 0 Å². The van der Waals surface area contributed by atoms with Crippen LogP contribution in [0.1, 0.15) is 16.1 Å². The van der Waals surface area contributed by atoms with E-state index in [-0.39, 0.29) is 5.91 Å². The molecule has 4 nitrogen and oxygen atoms in total. The molecule has 0 aliphatic rings. The molecule has 90 valence electrons. The number of imidazole rings is 1. The van der Waals surface area contributed by atoms with Gasteiger partial charge in [0, 0.05) is 24.7 Å². The number of thioether (sulfide) groups is 1. The number of nitrogens with zero attached hydrogens (tertiary/aromatic N) is 2. The number of carbonyl (C=O) groups is 1. The molecule has 0 unspecified atom stereocenters. The lowest BCUT2D eigenvalue weighted by molar-refractivity contribution is 0.0952. The van der Waals surface area contributed by atoms with Gasteiger partial charge in [0.05, 0.1) is 0 Å². The second-order valence-electron chi connectivity index (χ2n) is 3.80. The van der Waals surface area contributed by atoms with Crippen molar-refractivity contribution in [1.29, 1.82) is 0 Å². The van der Waals surface area contributed by atoms with Gasteiger partial charge >= 0.3 is 0 Å². The molecule has 2 heterocycles. The van der Waals surface area contributed by atoms with Crippen molar-refractivity contribution in [3.8, 4) is 0 Å². The molecule has 0 saturated heterocycles. The molecule has 0 aliphatic carbocycles. The van der Waals surface area contributed by atoms with Gasteiger partial charge in [0.25, 0.3) is 5.91 Å². The number of aromatic nitrogens is 2. The van der Waals surface area contributed by atoms with Gasteiger partial charge in [-0.3, -0.25) is 4.79 Å². The Morgan fingerprint density at radius 3 is 3.12 bits per heavy atom. The fraction of sp³-hybridized carbons (Fsp3) is 0.333. The second-order valence-corrected chi connectivity index (χ2v) is 4.78. The van der Waals surface area contributed by atoms with Crippen LogP contribution in [0.15, 0.2) is 24.5 Å². The predicted molar refractivity (Wildman–Crippen MR) is 70.6 cm³/mol. The van der Waals surface area contributed by atoms with Crippen molar-refractivity contribution in [3.05, 3.63) is 35.8 Å². The molecule has 1 N–H and O–H groups in total. The molecule has 2 aromatic heterocycles. The summed E-state index contributed by atoms with van der Waals surface area (Å²) in [6.45, 7) is 2.66. The molecule has 0 spiro atoms. The fourth-order valence-electron chi connectivity index (χ4n) is 1.62. The van der Waals surface area contributed by atoms with Gasteiger partial charge in [0.2, 0.25) is 0 Å². The van der Waals surface area contributed by atoms with Gasteiger partial charge in [-0.1, -0.05) is 6.07 Å². The Labute approximate surface area is 104 Å². The van der Waals surface area contributed by atoms with Gasteiger partial charge in [-0.05, 0) is 24.8 Å². The minimum atomic E-state index is -0.109. The van der Waals surface area contributed by atoms with Gasteiger partial charge < -0.3 is 9.72 Å². The highest BCUT2D eigenvalue weighted by atomic mass is 32.2. The summed E-state index contributed by atoms with van der Waals surface area (Å²) in [4.78, 5) is 16.1. The lowest BCUT2D eigenvalue weighted by Gasteiger charge is -1.99. The number of hydrogen-bond acceptors (Lipinski definition) is 3. The summed E-state index contributed by atoms with van der Waals surface area (Å²) < 4.78 is 1.87. The van der Waals surface area contributed by atoms with E-state index in [9.17, 15) is 4.79 Å². The summed E-state index contributed by atoms with van der Waals surface area (Å²) in [6, 6.07) is 3.93. The van der Waals surface area contributed by atoms with Crippen LogP contribution < -0.4 is 5.32 Å². The van der Waals surface area contributed by atoms with Crippen molar-refractivity contribution < 1.29 is 4.79 Å². The maximum Gasteiger partial charge on any atom is 0.271 e. The van der Waals surface area contributed by atoms with Crippen molar-refractivity contribution in [3.63, 3.8) is 0 Å². The van der Waals surface area contributed by atoms with Crippen LogP contribution in [-0.4, -0.2) is 33.8 Å². The van der Waals surface area contributed by atoms with Gasteiger partial charge in [0.1, 0.15) is 11.3 Å². The number of pyridine rings is 1. The molecule has 0 atom stereocenters. The summed E-state index contributed by atoms with van der Waals surface area (Å²) in [5, 5.41) is 2.84. The zero-order chi connectivity index (χ0) is 12.3. The zero-order valence-corrected chi connectivity index (χ0v) is 10.8. The molecule has 0 aliphatic heterocycles. The van der Waals surface area contributed by atoms with Crippen molar-refractivity contribution in [2.24, 2.45) is 0 Å². The van der Waals surface area contributed by atoms with E-state index >= 15 is 0 Å². The molecule has 5 heteroatoms.